The molecule has 2 saturated heterocycles. The lowest BCUT2D eigenvalue weighted by Crippen LogP contribution is -2.34. The van der Waals surface area contributed by atoms with Crippen molar-refractivity contribution in [3.63, 3.8) is 0 Å². The van der Waals surface area contributed by atoms with Gasteiger partial charge in [-0.15, -0.1) is 0 Å². The molecule has 7 heteroatoms. The Morgan fingerprint density at radius 1 is 1.20 bits per heavy atom. The number of methoxy groups -OCH3 is 1. The van der Waals surface area contributed by atoms with E-state index in [1.54, 1.807) is 7.11 Å². The Morgan fingerprint density at radius 3 is 2.66 bits per heavy atom. The first-order chi connectivity index (χ1) is 16.8. The van der Waals surface area contributed by atoms with Gasteiger partial charge in [-0.2, -0.15) is 0 Å². The van der Waals surface area contributed by atoms with Gasteiger partial charge in [-0.25, -0.2) is 0 Å². The largest absolute Gasteiger partial charge is 0.504 e. The van der Waals surface area contributed by atoms with Crippen LogP contribution in [0.25, 0.3) is 6.08 Å². The van der Waals surface area contributed by atoms with Crippen LogP contribution in [0.1, 0.15) is 64.9 Å². The molecule has 1 aromatic carbocycles. The van der Waals surface area contributed by atoms with Gasteiger partial charge in [0.15, 0.2) is 11.5 Å². The maximum Gasteiger partial charge on any atom is 0.233 e. The predicted octanol–water partition coefficient (Wildman–Crippen LogP) is 5.72. The van der Waals surface area contributed by atoms with Crippen LogP contribution in [-0.4, -0.2) is 48.2 Å². The quantitative estimate of drug-likeness (QED) is 0.226. The summed E-state index contributed by atoms with van der Waals surface area (Å²) in [6.07, 6.45) is 7.44. The first kappa shape index (κ1) is 26.2. The Kier molecular flexibility index (Phi) is 8.26. The molecule has 1 aromatic rings. The van der Waals surface area contributed by atoms with E-state index >= 15 is 0 Å². The maximum absolute atomic E-state index is 13.1. The molecule has 2 heterocycles. The number of benzene rings is 1. The van der Waals surface area contributed by atoms with Crippen LogP contribution in [0.15, 0.2) is 28.9 Å². The first-order valence-corrected chi connectivity index (χ1v) is 13.8. The third-order valence-electron chi connectivity index (χ3n) is 7.63. The van der Waals surface area contributed by atoms with E-state index in [0.717, 1.165) is 41.2 Å². The Hall–Kier alpha value is -1.87. The summed E-state index contributed by atoms with van der Waals surface area (Å²) >= 11 is 2.12. The summed E-state index contributed by atoms with van der Waals surface area (Å²) in [6.45, 7) is 7.34. The van der Waals surface area contributed by atoms with Crippen LogP contribution in [0.4, 0.5) is 0 Å². The molecular formula is C28H36INO5. The molecule has 4 rings (SSSR count). The molecule has 190 valence electrons. The molecule has 0 spiro atoms. The van der Waals surface area contributed by atoms with Gasteiger partial charge in [0.1, 0.15) is 0 Å². The lowest BCUT2D eigenvalue weighted by atomic mass is 9.70. The SMILES string of the molecule is CCC/C(=C\c1cc(I)c(O)c(OC)c1)CC[C@H]1OC[C@H]2C1=C(C)C[C@H]1C(=O)N(CCC)C(=O)[C@H]12. The summed E-state index contributed by atoms with van der Waals surface area (Å²) in [5.74, 6) is 0.218. The number of phenolic OH excluding ortho intramolecular Hbond substituents is 1. The Balaban J connectivity index is 1.51. The minimum atomic E-state index is -0.255. The summed E-state index contributed by atoms with van der Waals surface area (Å²) in [4.78, 5) is 27.6. The summed E-state index contributed by atoms with van der Waals surface area (Å²) in [7, 11) is 1.56. The average molecular weight is 594 g/mol. The molecule has 0 radical (unpaired) electrons. The number of fused-ring (bicyclic) bond motifs is 3. The summed E-state index contributed by atoms with van der Waals surface area (Å²) in [5.41, 5.74) is 4.84. The second-order valence-electron chi connectivity index (χ2n) is 9.97. The minimum Gasteiger partial charge on any atom is -0.504 e. The van der Waals surface area contributed by atoms with E-state index in [4.69, 9.17) is 9.47 Å². The maximum atomic E-state index is 13.1. The number of halogens is 1. The second kappa shape index (κ2) is 11.0. The smallest absolute Gasteiger partial charge is 0.233 e. The molecular weight excluding hydrogens is 557 g/mol. The molecule has 1 N–H and O–H groups in total. The van der Waals surface area contributed by atoms with Crippen molar-refractivity contribution in [1.29, 1.82) is 0 Å². The normalized spacial score (nSPS) is 26.4. The molecule has 0 saturated carbocycles. The molecule has 3 aliphatic rings. The highest BCUT2D eigenvalue weighted by Gasteiger charge is 2.56. The number of allylic oxidation sites excluding steroid dienone is 2. The fourth-order valence-corrected chi connectivity index (χ4v) is 6.74. The van der Waals surface area contributed by atoms with E-state index in [-0.39, 0.29) is 41.4 Å². The number of rotatable bonds is 9. The molecule has 2 fully saturated rings. The molecule has 2 aliphatic heterocycles. The lowest BCUT2D eigenvalue weighted by molar-refractivity contribution is -0.140. The molecule has 0 aromatic heterocycles. The third kappa shape index (κ3) is 5.03. The van der Waals surface area contributed by atoms with Crippen molar-refractivity contribution in [2.45, 2.75) is 65.4 Å². The van der Waals surface area contributed by atoms with Crippen LogP contribution in [-0.2, 0) is 14.3 Å². The van der Waals surface area contributed by atoms with Crippen LogP contribution >= 0.6 is 22.6 Å². The zero-order valence-corrected chi connectivity index (χ0v) is 23.3. The minimum absolute atomic E-state index is 0.00109. The topological polar surface area (TPSA) is 76.1 Å². The number of amides is 2. The zero-order chi connectivity index (χ0) is 25.3. The van der Waals surface area contributed by atoms with E-state index in [1.807, 2.05) is 19.1 Å². The van der Waals surface area contributed by atoms with Gasteiger partial charge < -0.3 is 14.6 Å². The van der Waals surface area contributed by atoms with Crippen LogP contribution in [0.5, 0.6) is 11.5 Å². The van der Waals surface area contributed by atoms with Gasteiger partial charge in [-0.3, -0.25) is 14.5 Å². The number of ether oxygens (including phenoxy) is 2. The lowest BCUT2D eigenvalue weighted by Gasteiger charge is -2.30. The molecule has 0 bridgehead atoms. The van der Waals surface area contributed by atoms with Gasteiger partial charge in [-0.1, -0.05) is 37.5 Å². The molecule has 35 heavy (non-hydrogen) atoms. The van der Waals surface area contributed by atoms with E-state index in [9.17, 15) is 14.7 Å². The van der Waals surface area contributed by atoms with Crippen molar-refractivity contribution in [2.75, 3.05) is 20.3 Å². The van der Waals surface area contributed by atoms with E-state index in [1.165, 1.54) is 21.6 Å². The van der Waals surface area contributed by atoms with Gasteiger partial charge in [-0.05, 0) is 84.9 Å². The average Bonchev–Trinajstić information content (AvgIpc) is 3.35. The van der Waals surface area contributed by atoms with Crippen LogP contribution < -0.4 is 4.74 Å². The number of carbonyl (C=O) groups is 2. The molecule has 0 unspecified atom stereocenters. The van der Waals surface area contributed by atoms with Crippen molar-refractivity contribution in [3.8, 4) is 11.5 Å². The molecule has 4 atom stereocenters. The van der Waals surface area contributed by atoms with Crippen molar-refractivity contribution < 1.29 is 24.2 Å². The number of likely N-dealkylation sites (tertiary alicyclic amines) is 1. The number of aromatic hydroxyl groups is 1. The van der Waals surface area contributed by atoms with Crippen LogP contribution in [0.3, 0.4) is 0 Å². The zero-order valence-electron chi connectivity index (χ0n) is 21.1. The fraction of sp³-hybridized carbons (Fsp3) is 0.571. The number of nitrogens with zero attached hydrogens (tertiary/aromatic N) is 1. The predicted molar refractivity (Wildman–Crippen MR) is 144 cm³/mol. The third-order valence-corrected chi connectivity index (χ3v) is 8.45. The molecule has 2 amide bonds. The highest BCUT2D eigenvalue weighted by atomic mass is 127. The van der Waals surface area contributed by atoms with Gasteiger partial charge in [0.2, 0.25) is 11.8 Å². The number of carbonyl (C=O) groups excluding carboxylic acids is 2. The highest BCUT2D eigenvalue weighted by molar-refractivity contribution is 14.1. The van der Waals surface area contributed by atoms with Gasteiger partial charge in [0.25, 0.3) is 0 Å². The van der Waals surface area contributed by atoms with E-state index < -0.39 is 0 Å². The Bertz CT molecular complexity index is 1060. The van der Waals surface area contributed by atoms with Crippen molar-refractivity contribution in [1.82, 2.24) is 4.90 Å². The van der Waals surface area contributed by atoms with Gasteiger partial charge in [0.05, 0.1) is 35.2 Å². The van der Waals surface area contributed by atoms with Crippen molar-refractivity contribution in [2.24, 2.45) is 17.8 Å². The second-order valence-corrected chi connectivity index (χ2v) is 11.1. The summed E-state index contributed by atoms with van der Waals surface area (Å²) in [6, 6.07) is 3.84. The Labute approximate surface area is 221 Å². The van der Waals surface area contributed by atoms with Crippen molar-refractivity contribution >= 4 is 40.5 Å². The van der Waals surface area contributed by atoms with Crippen LogP contribution in [0.2, 0.25) is 0 Å². The summed E-state index contributed by atoms with van der Waals surface area (Å²) < 4.78 is 12.4. The van der Waals surface area contributed by atoms with Crippen LogP contribution in [0, 0.1) is 21.3 Å². The first-order valence-electron chi connectivity index (χ1n) is 12.7. The monoisotopic (exact) mass is 593 g/mol. The number of hydrogen-bond donors (Lipinski definition) is 1. The number of imide groups is 1. The summed E-state index contributed by atoms with van der Waals surface area (Å²) in [5, 5.41) is 10.2. The highest BCUT2D eigenvalue weighted by Crippen LogP contribution is 2.49. The molecule has 6 nitrogen and oxygen atoms in total. The number of phenols is 1. The molecule has 1 aliphatic carbocycles. The standard InChI is InChI=1S/C28H36INO5/c1-5-7-17(12-18-13-21(29)26(31)23(14-18)34-4)8-9-22-24-16(3)11-19-25(20(24)15-35-22)28(33)30(10-6-2)27(19)32/h12-14,19-20,22,25,31H,5-11,15H2,1-4H3/b17-12+/t19-,20+,22-,25-/m1/s1. The van der Waals surface area contributed by atoms with Crippen molar-refractivity contribution in [3.05, 3.63) is 38.0 Å². The van der Waals surface area contributed by atoms with E-state index in [2.05, 4.69) is 42.5 Å². The van der Waals surface area contributed by atoms with Gasteiger partial charge in [0, 0.05) is 12.5 Å². The van der Waals surface area contributed by atoms with Gasteiger partial charge >= 0.3 is 0 Å². The number of hydrogen-bond acceptors (Lipinski definition) is 5. The van der Waals surface area contributed by atoms with E-state index in [0.29, 0.717) is 25.3 Å². The Morgan fingerprint density at radius 2 is 1.97 bits per heavy atom. The fourth-order valence-electron chi connectivity index (χ4n) is 6.11.